The van der Waals surface area contributed by atoms with E-state index in [-0.39, 0.29) is 5.82 Å². The van der Waals surface area contributed by atoms with Crippen LogP contribution in [0.4, 0.5) is 5.82 Å². The fourth-order valence-corrected chi connectivity index (χ4v) is 2.89. The van der Waals surface area contributed by atoms with Crippen LogP contribution in [-0.4, -0.2) is 75.8 Å². The van der Waals surface area contributed by atoms with E-state index < -0.39 is 31.1 Å². The van der Waals surface area contributed by atoms with Crippen LogP contribution < -0.4 is 10.5 Å². The Hall–Kier alpha value is -1.29. The standard InChI is InChI=1S/C10H13N5O4Se/c11-7-4-8(13-2-12-7)15(10(20)14-4)9-6(18)5(17)3(1-16)19-9/h2-3,5-6,9,16-18H,1H2,(H,14,20)(H2,11,12,13)/t3-,5?,6?,9-/m1/s1. The van der Waals surface area contributed by atoms with E-state index >= 15 is 0 Å². The number of hydrogen-bond donors (Lipinski definition) is 4. The van der Waals surface area contributed by atoms with Crippen LogP contribution >= 0.6 is 0 Å². The maximum absolute atomic E-state index is 10.1. The van der Waals surface area contributed by atoms with Crippen molar-refractivity contribution in [2.45, 2.75) is 24.5 Å². The molecule has 2 unspecified atom stereocenters. The summed E-state index contributed by atoms with van der Waals surface area (Å²) in [6.45, 7) is -0.396. The number of nitrogens with two attached hydrogens (primary N) is 1. The second-order valence-electron chi connectivity index (χ2n) is 4.44. The molecule has 0 bridgehead atoms. The van der Waals surface area contributed by atoms with Gasteiger partial charge in [0.15, 0.2) is 0 Å². The molecule has 0 saturated carbocycles. The number of aliphatic hydroxyl groups is 3. The van der Waals surface area contributed by atoms with E-state index in [9.17, 15) is 10.2 Å². The molecule has 0 aromatic carbocycles. The Labute approximate surface area is 121 Å². The number of ether oxygens (including phenoxy) is 1. The zero-order valence-corrected chi connectivity index (χ0v) is 12.0. The first-order valence-corrected chi connectivity index (χ1v) is 6.78. The predicted molar refractivity (Wildman–Crippen MR) is 69.5 cm³/mol. The molecule has 5 N–H and O–H groups in total. The molecule has 20 heavy (non-hydrogen) atoms. The summed E-state index contributed by atoms with van der Waals surface area (Å²) in [4.78, 5) is 12.1. The molecule has 1 aliphatic rings. The van der Waals surface area contributed by atoms with E-state index in [0.717, 1.165) is 0 Å². The summed E-state index contributed by atoms with van der Waals surface area (Å²) in [7, 11) is 0. The van der Waals surface area contributed by atoms with Gasteiger partial charge in [0.05, 0.1) is 0 Å². The minimum absolute atomic E-state index is 0.216. The predicted octanol–water partition coefficient (Wildman–Crippen LogP) is -3.45. The quantitative estimate of drug-likeness (QED) is 0.412. The Morgan fingerprint density at radius 3 is 2.75 bits per heavy atom. The Morgan fingerprint density at radius 2 is 2.10 bits per heavy atom. The van der Waals surface area contributed by atoms with Gasteiger partial charge in [-0.15, -0.1) is 0 Å². The second kappa shape index (κ2) is 4.92. The maximum atomic E-state index is 10.1. The first-order chi connectivity index (χ1) is 9.54. The molecule has 3 rings (SSSR count). The third-order valence-corrected chi connectivity index (χ3v) is 3.92. The number of rotatable bonds is 2. The van der Waals surface area contributed by atoms with E-state index in [4.69, 9.17) is 15.6 Å². The third kappa shape index (κ3) is 1.89. The Balaban J connectivity index is 2.11. The molecular weight excluding hydrogens is 333 g/mol. The fraction of sp³-hybridized carbons (Fsp3) is 0.500. The average Bonchev–Trinajstić information content (AvgIpc) is 2.90. The number of nitrogens with zero attached hydrogens (tertiary/aromatic N) is 4. The topological polar surface area (TPSA) is 140 Å². The van der Waals surface area contributed by atoms with Gasteiger partial charge in [-0.25, -0.2) is 0 Å². The third-order valence-electron chi connectivity index (χ3n) is 3.26. The van der Waals surface area contributed by atoms with Crippen molar-refractivity contribution in [3.05, 3.63) is 6.33 Å². The van der Waals surface area contributed by atoms with Crippen molar-refractivity contribution in [1.82, 2.24) is 19.5 Å². The van der Waals surface area contributed by atoms with Crippen molar-refractivity contribution in [3.63, 3.8) is 0 Å². The summed E-state index contributed by atoms with van der Waals surface area (Å²) in [5.74, 6) is 0.216. The van der Waals surface area contributed by atoms with Crippen LogP contribution in [-0.2, 0) is 4.74 Å². The zero-order chi connectivity index (χ0) is 14.4. The van der Waals surface area contributed by atoms with Crippen LogP contribution in [0.3, 0.4) is 0 Å². The van der Waals surface area contributed by atoms with E-state index in [1.807, 2.05) is 0 Å². The Kier molecular flexibility index (Phi) is 3.36. The van der Waals surface area contributed by atoms with Gasteiger partial charge in [0.25, 0.3) is 0 Å². The molecule has 2 aromatic heterocycles. The number of imidazole rings is 1. The van der Waals surface area contributed by atoms with Crippen molar-refractivity contribution < 1.29 is 20.1 Å². The van der Waals surface area contributed by atoms with Crippen LogP contribution in [0, 0.1) is 0 Å². The van der Waals surface area contributed by atoms with Gasteiger partial charge in [-0.05, 0) is 0 Å². The van der Waals surface area contributed by atoms with Gasteiger partial charge in [-0.2, -0.15) is 0 Å². The first kappa shape index (κ1) is 13.7. The molecule has 3 heterocycles. The van der Waals surface area contributed by atoms with Crippen molar-refractivity contribution in [2.75, 3.05) is 12.3 Å². The van der Waals surface area contributed by atoms with Crippen LogP contribution in [0.15, 0.2) is 6.33 Å². The zero-order valence-electron chi connectivity index (χ0n) is 10.2. The van der Waals surface area contributed by atoms with Crippen LogP contribution in [0.25, 0.3) is 11.2 Å². The van der Waals surface area contributed by atoms with E-state index in [1.165, 1.54) is 10.9 Å². The average molecular weight is 346 g/mol. The molecule has 9 nitrogen and oxygen atoms in total. The molecule has 0 aliphatic carbocycles. The number of fused-ring (bicyclic) bond motifs is 1. The molecule has 1 saturated heterocycles. The van der Waals surface area contributed by atoms with Crippen LogP contribution in [0.5, 0.6) is 0 Å². The summed E-state index contributed by atoms with van der Waals surface area (Å²) in [5, 5.41) is 29.0. The summed E-state index contributed by atoms with van der Waals surface area (Å²) in [6, 6.07) is 0. The number of aliphatic hydroxyl groups excluding tert-OH is 3. The molecule has 0 radical (unpaired) electrons. The van der Waals surface area contributed by atoms with Gasteiger partial charge in [0.2, 0.25) is 0 Å². The van der Waals surface area contributed by atoms with Gasteiger partial charge in [-0.3, -0.25) is 0 Å². The molecule has 4 atom stereocenters. The molecule has 1 aliphatic heterocycles. The van der Waals surface area contributed by atoms with Crippen LogP contribution in [0.1, 0.15) is 6.23 Å². The minimum atomic E-state index is -1.20. The molecule has 108 valence electrons. The van der Waals surface area contributed by atoms with E-state index in [1.54, 1.807) is 0 Å². The van der Waals surface area contributed by atoms with Crippen molar-refractivity contribution in [3.8, 4) is 0 Å². The molecule has 1 fully saturated rings. The van der Waals surface area contributed by atoms with Gasteiger partial charge < -0.3 is 0 Å². The van der Waals surface area contributed by atoms with Crippen LogP contribution in [0.2, 0.25) is 0 Å². The summed E-state index contributed by atoms with van der Waals surface area (Å²) < 4.78 is 7.43. The normalized spacial score (nSPS) is 30.2. The Morgan fingerprint density at radius 1 is 1.35 bits per heavy atom. The molecular formula is C10H13N5O4Se. The van der Waals surface area contributed by atoms with Gasteiger partial charge >= 0.3 is 121 Å². The number of hydrogen-bond acceptors (Lipinski definition) is 8. The van der Waals surface area contributed by atoms with Crippen molar-refractivity contribution in [2.24, 2.45) is 0 Å². The monoisotopic (exact) mass is 347 g/mol. The SMILES string of the molecule is Nc1ncnc2c1nc([SeH])n2[C@@H]1O[C@H](CO)C(O)C1O. The molecule has 10 heteroatoms. The summed E-state index contributed by atoms with van der Waals surface area (Å²) in [5.41, 5.74) is 6.51. The number of aromatic nitrogens is 4. The van der Waals surface area contributed by atoms with Crippen molar-refractivity contribution >= 4 is 37.7 Å². The van der Waals surface area contributed by atoms with Crippen molar-refractivity contribution in [1.29, 1.82) is 0 Å². The summed E-state index contributed by atoms with van der Waals surface area (Å²) in [6.07, 6.45) is -2.88. The molecule has 0 spiro atoms. The second-order valence-corrected chi connectivity index (χ2v) is 5.28. The Bertz CT molecular complexity index is 650. The number of nitrogen functional groups attached to an aromatic ring is 1. The first-order valence-electron chi connectivity index (χ1n) is 5.84. The summed E-state index contributed by atoms with van der Waals surface area (Å²) >= 11 is 2.21. The number of anilines is 1. The fourth-order valence-electron chi connectivity index (χ4n) is 2.24. The molecule has 0 amide bonds. The van der Waals surface area contributed by atoms with E-state index in [0.29, 0.717) is 15.9 Å². The van der Waals surface area contributed by atoms with Gasteiger partial charge in [0, 0.05) is 0 Å². The van der Waals surface area contributed by atoms with Gasteiger partial charge in [0.1, 0.15) is 0 Å². The molecule has 2 aromatic rings. The van der Waals surface area contributed by atoms with Gasteiger partial charge in [-0.1, -0.05) is 0 Å². The van der Waals surface area contributed by atoms with E-state index in [2.05, 4.69) is 31.0 Å².